The smallest absolute Gasteiger partial charge is 0.211 e. The van der Waals surface area contributed by atoms with Crippen LogP contribution in [0.25, 0.3) is 0 Å². The highest BCUT2D eigenvalue weighted by atomic mass is 32.1. The zero-order valence-electron chi connectivity index (χ0n) is 11.0. The van der Waals surface area contributed by atoms with Crippen molar-refractivity contribution in [3.63, 3.8) is 0 Å². The molecule has 0 amide bonds. The van der Waals surface area contributed by atoms with Gasteiger partial charge in [0.1, 0.15) is 0 Å². The van der Waals surface area contributed by atoms with Crippen LogP contribution in [0.15, 0.2) is 23.6 Å². The summed E-state index contributed by atoms with van der Waals surface area (Å²) < 4.78 is 7.01. The van der Waals surface area contributed by atoms with Crippen LogP contribution in [-0.4, -0.2) is 23.9 Å². The maximum absolute atomic E-state index is 5.25. The van der Waals surface area contributed by atoms with Crippen LogP contribution in [0, 0.1) is 0 Å². The molecule has 0 saturated heterocycles. The average Bonchev–Trinajstić information content (AvgIpc) is 2.99. The van der Waals surface area contributed by atoms with Crippen molar-refractivity contribution in [2.45, 2.75) is 18.9 Å². The van der Waals surface area contributed by atoms with Gasteiger partial charge in [-0.2, -0.15) is 5.10 Å². The van der Waals surface area contributed by atoms with Gasteiger partial charge in [-0.1, -0.05) is 6.07 Å². The highest BCUT2D eigenvalue weighted by Gasteiger charge is 2.15. The quantitative estimate of drug-likeness (QED) is 0.871. The second-order valence-corrected chi connectivity index (χ2v) is 5.23. The van der Waals surface area contributed by atoms with Crippen molar-refractivity contribution in [1.29, 1.82) is 0 Å². The van der Waals surface area contributed by atoms with E-state index >= 15 is 0 Å². The standard InChI is InChI=1S/C13H19N3OS/c1-14-11(7-6-10-5-4-8-18-10)12-9-13(17-3)16(2)15-12/h4-5,8-9,11,14H,6-7H2,1-3H3. The number of hydrogen-bond acceptors (Lipinski definition) is 4. The summed E-state index contributed by atoms with van der Waals surface area (Å²) in [6.45, 7) is 0. The molecule has 5 heteroatoms. The van der Waals surface area contributed by atoms with E-state index in [0.29, 0.717) is 0 Å². The van der Waals surface area contributed by atoms with Crippen LogP contribution in [0.1, 0.15) is 23.0 Å². The van der Waals surface area contributed by atoms with Crippen molar-refractivity contribution in [2.24, 2.45) is 7.05 Å². The Morgan fingerprint density at radius 2 is 2.39 bits per heavy atom. The molecule has 0 aliphatic carbocycles. The molecule has 2 aromatic heterocycles. The third kappa shape index (κ3) is 2.91. The van der Waals surface area contributed by atoms with Crippen LogP contribution in [0.5, 0.6) is 5.88 Å². The summed E-state index contributed by atoms with van der Waals surface area (Å²) >= 11 is 1.81. The van der Waals surface area contributed by atoms with Gasteiger partial charge in [-0.3, -0.25) is 0 Å². The molecule has 0 fully saturated rings. The first-order valence-electron chi connectivity index (χ1n) is 6.02. The predicted octanol–water partition coefficient (Wildman–Crippen LogP) is 2.38. The third-order valence-corrected chi connectivity index (χ3v) is 3.97. The molecule has 0 spiro atoms. The minimum atomic E-state index is 0.266. The summed E-state index contributed by atoms with van der Waals surface area (Å²) in [4.78, 5) is 1.41. The van der Waals surface area contributed by atoms with Crippen LogP contribution in [0.3, 0.4) is 0 Å². The van der Waals surface area contributed by atoms with E-state index in [9.17, 15) is 0 Å². The average molecular weight is 265 g/mol. The van der Waals surface area contributed by atoms with Crippen LogP contribution in [0.2, 0.25) is 0 Å². The zero-order valence-corrected chi connectivity index (χ0v) is 11.8. The van der Waals surface area contributed by atoms with Crippen molar-refractivity contribution in [1.82, 2.24) is 15.1 Å². The minimum absolute atomic E-state index is 0.266. The highest BCUT2D eigenvalue weighted by molar-refractivity contribution is 7.09. The first-order valence-corrected chi connectivity index (χ1v) is 6.90. The lowest BCUT2D eigenvalue weighted by molar-refractivity contribution is 0.373. The highest BCUT2D eigenvalue weighted by Crippen LogP contribution is 2.22. The van der Waals surface area contributed by atoms with E-state index in [1.165, 1.54) is 4.88 Å². The van der Waals surface area contributed by atoms with E-state index in [4.69, 9.17) is 4.74 Å². The van der Waals surface area contributed by atoms with Gasteiger partial charge in [0.25, 0.3) is 0 Å². The van der Waals surface area contributed by atoms with E-state index in [0.717, 1.165) is 24.4 Å². The van der Waals surface area contributed by atoms with E-state index in [-0.39, 0.29) is 6.04 Å². The van der Waals surface area contributed by atoms with Gasteiger partial charge >= 0.3 is 0 Å². The third-order valence-electron chi connectivity index (χ3n) is 3.03. The number of ether oxygens (including phenoxy) is 1. The summed E-state index contributed by atoms with van der Waals surface area (Å²) in [6.07, 6.45) is 2.11. The topological polar surface area (TPSA) is 39.1 Å². The lowest BCUT2D eigenvalue weighted by Crippen LogP contribution is -2.17. The first kappa shape index (κ1) is 13.1. The van der Waals surface area contributed by atoms with Gasteiger partial charge in [0.15, 0.2) is 0 Å². The Bertz CT molecular complexity index is 478. The van der Waals surface area contributed by atoms with E-state index in [1.807, 2.05) is 20.2 Å². The molecule has 2 heterocycles. The lowest BCUT2D eigenvalue weighted by Gasteiger charge is -2.12. The van der Waals surface area contributed by atoms with Crippen molar-refractivity contribution in [2.75, 3.05) is 14.2 Å². The molecule has 0 aliphatic heterocycles. The molecule has 0 aromatic carbocycles. The summed E-state index contributed by atoms with van der Waals surface area (Å²) in [5.41, 5.74) is 1.04. The number of methoxy groups -OCH3 is 1. The number of hydrogen-bond donors (Lipinski definition) is 1. The number of nitrogens with one attached hydrogen (secondary N) is 1. The number of aromatic nitrogens is 2. The fourth-order valence-corrected chi connectivity index (χ4v) is 2.74. The summed E-state index contributed by atoms with van der Waals surface area (Å²) in [5, 5.41) is 9.92. The molecule has 0 bridgehead atoms. The number of nitrogens with zero attached hydrogens (tertiary/aromatic N) is 2. The molecular weight excluding hydrogens is 246 g/mol. The second-order valence-electron chi connectivity index (χ2n) is 4.19. The Hall–Kier alpha value is -1.33. The predicted molar refractivity (Wildman–Crippen MR) is 74.2 cm³/mol. The van der Waals surface area contributed by atoms with Gasteiger partial charge < -0.3 is 10.1 Å². The Morgan fingerprint density at radius 3 is 2.94 bits per heavy atom. The number of rotatable bonds is 6. The normalized spacial score (nSPS) is 12.6. The van der Waals surface area contributed by atoms with Crippen molar-refractivity contribution in [3.8, 4) is 5.88 Å². The Kier molecular flexibility index (Phi) is 4.38. The van der Waals surface area contributed by atoms with Gasteiger partial charge in [-0.05, 0) is 31.3 Å². The largest absolute Gasteiger partial charge is 0.481 e. The molecule has 0 radical (unpaired) electrons. The van der Waals surface area contributed by atoms with Crippen LogP contribution in [0.4, 0.5) is 0 Å². The van der Waals surface area contributed by atoms with Crippen LogP contribution >= 0.6 is 11.3 Å². The molecule has 1 N–H and O–H groups in total. The summed E-state index contributed by atoms with van der Waals surface area (Å²) in [6, 6.07) is 6.53. The van der Waals surface area contributed by atoms with Crippen molar-refractivity contribution in [3.05, 3.63) is 34.2 Å². The lowest BCUT2D eigenvalue weighted by atomic mass is 10.1. The van der Waals surface area contributed by atoms with Gasteiger partial charge in [0, 0.05) is 18.0 Å². The summed E-state index contributed by atoms with van der Waals surface area (Å²) in [7, 11) is 5.54. The second kappa shape index (κ2) is 6.02. The molecule has 0 aliphatic rings. The van der Waals surface area contributed by atoms with Crippen LogP contribution in [-0.2, 0) is 13.5 Å². The van der Waals surface area contributed by atoms with Crippen molar-refractivity contribution >= 4 is 11.3 Å². The van der Waals surface area contributed by atoms with E-state index in [1.54, 1.807) is 23.1 Å². The molecule has 2 aromatic rings. The molecular formula is C13H19N3OS. The van der Waals surface area contributed by atoms with E-state index < -0.39 is 0 Å². The Morgan fingerprint density at radius 1 is 1.56 bits per heavy atom. The SMILES string of the molecule is CNC(CCc1cccs1)c1cc(OC)n(C)n1. The minimum Gasteiger partial charge on any atom is -0.481 e. The maximum atomic E-state index is 5.25. The molecule has 4 nitrogen and oxygen atoms in total. The molecule has 98 valence electrons. The Labute approximate surface area is 112 Å². The van der Waals surface area contributed by atoms with Gasteiger partial charge in [0.05, 0.1) is 18.8 Å². The first-order chi connectivity index (χ1) is 8.74. The number of aryl methyl sites for hydroxylation is 2. The number of thiophene rings is 1. The fourth-order valence-electron chi connectivity index (χ4n) is 2.01. The fraction of sp³-hybridized carbons (Fsp3) is 0.462. The molecule has 1 atom stereocenters. The summed E-state index contributed by atoms with van der Waals surface area (Å²) in [5.74, 6) is 0.793. The van der Waals surface area contributed by atoms with E-state index in [2.05, 4.69) is 27.9 Å². The molecule has 2 rings (SSSR count). The van der Waals surface area contributed by atoms with Gasteiger partial charge in [-0.25, -0.2) is 4.68 Å². The zero-order chi connectivity index (χ0) is 13.0. The Balaban J connectivity index is 2.03. The monoisotopic (exact) mass is 265 g/mol. The van der Waals surface area contributed by atoms with Crippen molar-refractivity contribution < 1.29 is 4.74 Å². The molecule has 1 unspecified atom stereocenters. The maximum Gasteiger partial charge on any atom is 0.211 e. The molecule has 0 saturated carbocycles. The van der Waals surface area contributed by atoms with Crippen LogP contribution < -0.4 is 10.1 Å². The van der Waals surface area contributed by atoms with Gasteiger partial charge in [-0.15, -0.1) is 11.3 Å². The van der Waals surface area contributed by atoms with Gasteiger partial charge in [0.2, 0.25) is 5.88 Å². The molecule has 18 heavy (non-hydrogen) atoms.